The summed E-state index contributed by atoms with van der Waals surface area (Å²) in [5.41, 5.74) is 6.40. The number of hydrogen-bond acceptors (Lipinski definition) is 4. The molecule has 0 atom stereocenters. The lowest BCUT2D eigenvalue weighted by Gasteiger charge is -2.08. The normalized spacial score (nSPS) is 10.0. The second-order valence-corrected chi connectivity index (χ2v) is 5.37. The highest BCUT2D eigenvalue weighted by atomic mass is 32.1. The summed E-state index contributed by atoms with van der Waals surface area (Å²) in [6.45, 7) is 2.47. The summed E-state index contributed by atoms with van der Waals surface area (Å²) >= 11 is 1.60. The van der Waals surface area contributed by atoms with Gasteiger partial charge in [-0.2, -0.15) is 11.3 Å². The first kappa shape index (κ1) is 16.0. The zero-order chi connectivity index (χ0) is 15.8. The summed E-state index contributed by atoms with van der Waals surface area (Å²) in [4.78, 5) is 23.6. The van der Waals surface area contributed by atoms with Crippen molar-refractivity contribution in [3.8, 4) is 5.75 Å². The van der Waals surface area contributed by atoms with Gasteiger partial charge in [-0.3, -0.25) is 20.4 Å². The van der Waals surface area contributed by atoms with Crippen LogP contribution in [-0.4, -0.2) is 18.4 Å². The molecule has 116 valence electrons. The van der Waals surface area contributed by atoms with Crippen LogP contribution in [0.4, 0.5) is 0 Å². The van der Waals surface area contributed by atoms with E-state index in [2.05, 4.69) is 10.9 Å². The molecule has 0 spiro atoms. The number of carbonyl (C=O) groups is 2. The van der Waals surface area contributed by atoms with Gasteiger partial charge in [0.25, 0.3) is 5.91 Å². The van der Waals surface area contributed by atoms with Gasteiger partial charge in [0.1, 0.15) is 5.75 Å². The first-order valence-electron chi connectivity index (χ1n) is 7.02. The van der Waals surface area contributed by atoms with Crippen LogP contribution in [0.25, 0.3) is 0 Å². The number of amides is 2. The van der Waals surface area contributed by atoms with Gasteiger partial charge < -0.3 is 4.74 Å². The summed E-state index contributed by atoms with van der Waals surface area (Å²) < 4.78 is 5.31. The first-order valence-corrected chi connectivity index (χ1v) is 7.96. The van der Waals surface area contributed by atoms with Crippen molar-refractivity contribution in [2.75, 3.05) is 6.61 Å². The molecule has 5 nitrogen and oxygen atoms in total. The molecule has 0 radical (unpaired) electrons. The maximum absolute atomic E-state index is 11.9. The third-order valence-electron chi connectivity index (χ3n) is 2.96. The highest BCUT2D eigenvalue weighted by molar-refractivity contribution is 7.07. The minimum Gasteiger partial charge on any atom is -0.494 e. The molecule has 0 bridgehead atoms. The summed E-state index contributed by atoms with van der Waals surface area (Å²) in [5.74, 6) is 0.135. The Morgan fingerprint density at radius 2 is 1.91 bits per heavy atom. The molecular formula is C16H18N2O3S. The van der Waals surface area contributed by atoms with E-state index in [0.717, 1.165) is 5.56 Å². The Hall–Kier alpha value is -2.34. The molecule has 2 rings (SSSR count). The van der Waals surface area contributed by atoms with Crippen LogP contribution in [0.3, 0.4) is 0 Å². The van der Waals surface area contributed by atoms with Gasteiger partial charge in [-0.05, 0) is 60.0 Å². The molecule has 0 aliphatic carbocycles. The number of carbonyl (C=O) groups excluding carboxylic acids is 2. The zero-order valence-electron chi connectivity index (χ0n) is 12.3. The fraction of sp³-hybridized carbons (Fsp3) is 0.250. The van der Waals surface area contributed by atoms with E-state index in [1.165, 1.54) is 0 Å². The molecule has 0 aliphatic heterocycles. The van der Waals surface area contributed by atoms with Gasteiger partial charge in [0.2, 0.25) is 5.91 Å². The van der Waals surface area contributed by atoms with Crippen LogP contribution < -0.4 is 15.6 Å². The van der Waals surface area contributed by atoms with E-state index in [4.69, 9.17) is 4.74 Å². The Balaban J connectivity index is 1.75. The molecule has 1 aromatic heterocycles. The second kappa shape index (κ2) is 8.19. The summed E-state index contributed by atoms with van der Waals surface area (Å²) in [7, 11) is 0. The van der Waals surface area contributed by atoms with Crippen LogP contribution in [0.15, 0.2) is 41.1 Å². The molecule has 22 heavy (non-hydrogen) atoms. The van der Waals surface area contributed by atoms with E-state index in [1.54, 1.807) is 35.6 Å². The largest absolute Gasteiger partial charge is 0.494 e. The van der Waals surface area contributed by atoms with E-state index >= 15 is 0 Å². The molecule has 0 aliphatic rings. The van der Waals surface area contributed by atoms with Gasteiger partial charge in [-0.1, -0.05) is 0 Å². The van der Waals surface area contributed by atoms with Crippen molar-refractivity contribution in [1.82, 2.24) is 10.9 Å². The first-order chi connectivity index (χ1) is 10.7. The van der Waals surface area contributed by atoms with Gasteiger partial charge in [-0.15, -0.1) is 0 Å². The van der Waals surface area contributed by atoms with Gasteiger partial charge in [0.05, 0.1) is 6.61 Å². The second-order valence-electron chi connectivity index (χ2n) is 4.59. The van der Waals surface area contributed by atoms with Crippen LogP contribution in [0.2, 0.25) is 0 Å². The molecule has 2 amide bonds. The Kier molecular flexibility index (Phi) is 5.97. The topological polar surface area (TPSA) is 67.4 Å². The van der Waals surface area contributed by atoms with Gasteiger partial charge in [0, 0.05) is 12.0 Å². The summed E-state index contributed by atoms with van der Waals surface area (Å²) in [5, 5.41) is 3.98. The molecular weight excluding hydrogens is 300 g/mol. The minimum atomic E-state index is -0.355. The molecule has 1 aromatic carbocycles. The zero-order valence-corrected chi connectivity index (χ0v) is 13.1. The SMILES string of the molecule is CCOc1ccc(C(=O)NNC(=O)CCc2ccsc2)cc1. The Morgan fingerprint density at radius 1 is 1.14 bits per heavy atom. The van der Waals surface area contributed by atoms with Crippen LogP contribution in [-0.2, 0) is 11.2 Å². The number of hydrazine groups is 1. The summed E-state index contributed by atoms with van der Waals surface area (Å²) in [6.07, 6.45) is 0.995. The Morgan fingerprint density at radius 3 is 2.55 bits per heavy atom. The molecule has 6 heteroatoms. The Bertz CT molecular complexity index is 609. The van der Waals surface area contributed by atoms with Gasteiger partial charge >= 0.3 is 0 Å². The Labute approximate surface area is 133 Å². The van der Waals surface area contributed by atoms with Crippen molar-refractivity contribution in [2.24, 2.45) is 0 Å². The smallest absolute Gasteiger partial charge is 0.269 e. The lowest BCUT2D eigenvalue weighted by Crippen LogP contribution is -2.41. The summed E-state index contributed by atoms with van der Waals surface area (Å²) in [6, 6.07) is 8.72. The number of aryl methyl sites for hydroxylation is 1. The van der Waals surface area contributed by atoms with Crippen molar-refractivity contribution in [3.05, 3.63) is 52.2 Å². The van der Waals surface area contributed by atoms with Crippen LogP contribution in [0.5, 0.6) is 5.75 Å². The fourth-order valence-corrected chi connectivity index (χ4v) is 2.53. The van der Waals surface area contributed by atoms with E-state index in [-0.39, 0.29) is 11.8 Å². The number of thiophene rings is 1. The molecule has 2 N–H and O–H groups in total. The van der Waals surface area contributed by atoms with E-state index in [0.29, 0.717) is 30.8 Å². The van der Waals surface area contributed by atoms with Crippen molar-refractivity contribution in [3.63, 3.8) is 0 Å². The van der Waals surface area contributed by atoms with Gasteiger partial charge in [-0.25, -0.2) is 0 Å². The predicted octanol–water partition coefficient (Wildman–Crippen LogP) is 2.54. The van der Waals surface area contributed by atoms with E-state index in [9.17, 15) is 9.59 Å². The van der Waals surface area contributed by atoms with Crippen LogP contribution in [0.1, 0.15) is 29.3 Å². The minimum absolute atomic E-state index is 0.217. The highest BCUT2D eigenvalue weighted by Crippen LogP contribution is 2.12. The van der Waals surface area contributed by atoms with Gasteiger partial charge in [0.15, 0.2) is 0 Å². The number of hydrogen-bond donors (Lipinski definition) is 2. The van der Waals surface area contributed by atoms with Crippen molar-refractivity contribution < 1.29 is 14.3 Å². The van der Waals surface area contributed by atoms with Crippen molar-refractivity contribution >= 4 is 23.2 Å². The van der Waals surface area contributed by atoms with Crippen molar-refractivity contribution in [1.29, 1.82) is 0 Å². The lowest BCUT2D eigenvalue weighted by molar-refractivity contribution is -0.121. The third kappa shape index (κ3) is 4.89. The third-order valence-corrected chi connectivity index (χ3v) is 3.70. The average Bonchev–Trinajstić information content (AvgIpc) is 3.05. The quantitative estimate of drug-likeness (QED) is 0.804. The molecule has 0 fully saturated rings. The predicted molar refractivity (Wildman–Crippen MR) is 85.9 cm³/mol. The van der Waals surface area contributed by atoms with Crippen molar-refractivity contribution in [2.45, 2.75) is 19.8 Å². The molecule has 0 saturated carbocycles. The monoisotopic (exact) mass is 318 g/mol. The fourth-order valence-electron chi connectivity index (χ4n) is 1.82. The van der Waals surface area contributed by atoms with E-state index in [1.807, 2.05) is 23.8 Å². The average molecular weight is 318 g/mol. The maximum atomic E-state index is 11.9. The number of rotatable bonds is 6. The van der Waals surface area contributed by atoms with Crippen LogP contribution in [0, 0.1) is 0 Å². The molecule has 0 saturated heterocycles. The molecule has 1 heterocycles. The lowest BCUT2D eigenvalue weighted by atomic mass is 10.2. The standard InChI is InChI=1S/C16H18N2O3S/c1-2-21-14-6-4-13(5-7-14)16(20)18-17-15(19)8-3-12-9-10-22-11-12/h4-7,9-11H,2-3,8H2,1H3,(H,17,19)(H,18,20). The van der Waals surface area contributed by atoms with Crippen LogP contribution >= 0.6 is 11.3 Å². The maximum Gasteiger partial charge on any atom is 0.269 e. The number of nitrogens with one attached hydrogen (secondary N) is 2. The highest BCUT2D eigenvalue weighted by Gasteiger charge is 2.08. The molecule has 2 aromatic rings. The van der Waals surface area contributed by atoms with E-state index < -0.39 is 0 Å². The number of ether oxygens (including phenoxy) is 1. The molecule has 0 unspecified atom stereocenters. The number of benzene rings is 1.